The number of amides is 2. The van der Waals surface area contributed by atoms with Gasteiger partial charge in [-0.05, 0) is 67.9 Å². The molecule has 168 valence electrons. The number of benzene rings is 1. The van der Waals surface area contributed by atoms with Crippen LogP contribution in [0.2, 0.25) is 5.02 Å². The van der Waals surface area contributed by atoms with Gasteiger partial charge in [0.1, 0.15) is 0 Å². The van der Waals surface area contributed by atoms with Crippen molar-refractivity contribution in [1.29, 1.82) is 0 Å². The van der Waals surface area contributed by atoms with Crippen LogP contribution in [0.15, 0.2) is 24.3 Å². The second kappa shape index (κ2) is 8.05. The maximum absolute atomic E-state index is 13.1. The van der Waals surface area contributed by atoms with Crippen molar-refractivity contribution < 1.29 is 14.7 Å². The summed E-state index contributed by atoms with van der Waals surface area (Å²) in [4.78, 5) is 29.6. The molecule has 1 aromatic rings. The maximum Gasteiger partial charge on any atom is 0.238 e. The molecule has 4 bridgehead atoms. The average Bonchev–Trinajstić information content (AvgIpc) is 2.68. The number of carbonyl (C=O) groups excluding carboxylic acids is 2. The van der Waals surface area contributed by atoms with Gasteiger partial charge < -0.3 is 15.3 Å². The monoisotopic (exact) mass is 445 g/mol. The number of aliphatic hydroxyl groups is 1. The van der Waals surface area contributed by atoms with E-state index in [1.54, 1.807) is 12.1 Å². The summed E-state index contributed by atoms with van der Waals surface area (Å²) >= 11 is 6.11. The van der Waals surface area contributed by atoms with Crippen LogP contribution >= 0.6 is 11.6 Å². The first kappa shape index (κ1) is 21.2. The van der Waals surface area contributed by atoms with E-state index in [0.717, 1.165) is 32.1 Å². The Kier molecular flexibility index (Phi) is 5.51. The van der Waals surface area contributed by atoms with Crippen molar-refractivity contribution in [2.75, 3.05) is 38.0 Å². The SMILES string of the molecule is O=C(CN1CCN(C(=O)CC23CC4CC(CC(O)(C4)C2)C3)CC1)Nc1ccccc1Cl. The summed E-state index contributed by atoms with van der Waals surface area (Å²) in [5, 5.41) is 14.3. The molecule has 0 aromatic heterocycles. The summed E-state index contributed by atoms with van der Waals surface area (Å²) in [5.74, 6) is 1.35. The van der Waals surface area contributed by atoms with Gasteiger partial charge in [-0.1, -0.05) is 23.7 Å². The van der Waals surface area contributed by atoms with Crippen LogP contribution in [0.4, 0.5) is 5.69 Å². The molecule has 1 saturated heterocycles. The number of carbonyl (C=O) groups is 2. The molecule has 31 heavy (non-hydrogen) atoms. The van der Waals surface area contributed by atoms with Gasteiger partial charge in [-0.25, -0.2) is 0 Å². The Bertz CT molecular complexity index is 853. The molecule has 2 amide bonds. The fourth-order valence-corrected chi connectivity index (χ4v) is 7.34. The molecule has 0 spiro atoms. The van der Waals surface area contributed by atoms with E-state index in [1.807, 2.05) is 17.0 Å². The molecule has 1 aromatic carbocycles. The largest absolute Gasteiger partial charge is 0.390 e. The summed E-state index contributed by atoms with van der Waals surface area (Å²) < 4.78 is 0. The first-order valence-corrected chi connectivity index (χ1v) is 12.0. The van der Waals surface area contributed by atoms with Crippen LogP contribution in [0.3, 0.4) is 0 Å². The lowest BCUT2D eigenvalue weighted by atomic mass is 9.47. The van der Waals surface area contributed by atoms with E-state index in [2.05, 4.69) is 10.2 Å². The van der Waals surface area contributed by atoms with Gasteiger partial charge in [-0.2, -0.15) is 0 Å². The Morgan fingerprint density at radius 1 is 1.06 bits per heavy atom. The number of anilines is 1. The van der Waals surface area contributed by atoms with Crippen LogP contribution in [0, 0.1) is 17.3 Å². The van der Waals surface area contributed by atoms with Gasteiger partial charge in [-0.3, -0.25) is 14.5 Å². The number of halogens is 1. The van der Waals surface area contributed by atoms with Gasteiger partial charge in [0.15, 0.2) is 0 Å². The summed E-state index contributed by atoms with van der Waals surface area (Å²) in [6.45, 7) is 3.01. The van der Waals surface area contributed by atoms with Crippen LogP contribution in [-0.4, -0.2) is 65.0 Å². The molecule has 2 unspecified atom stereocenters. The van der Waals surface area contributed by atoms with Crippen molar-refractivity contribution >= 4 is 29.1 Å². The molecular weight excluding hydrogens is 414 g/mol. The topological polar surface area (TPSA) is 72.9 Å². The Hall–Kier alpha value is -1.63. The highest BCUT2D eigenvalue weighted by Crippen LogP contribution is 2.62. The molecule has 7 heteroatoms. The van der Waals surface area contributed by atoms with Crippen molar-refractivity contribution in [3.63, 3.8) is 0 Å². The van der Waals surface area contributed by atoms with Crippen LogP contribution in [0.5, 0.6) is 0 Å². The summed E-state index contributed by atoms with van der Waals surface area (Å²) in [5.41, 5.74) is 0.125. The molecule has 0 radical (unpaired) electrons. The molecule has 4 saturated carbocycles. The molecule has 2 atom stereocenters. The molecule has 6 nitrogen and oxygen atoms in total. The van der Waals surface area contributed by atoms with Crippen molar-refractivity contribution in [1.82, 2.24) is 9.80 Å². The highest BCUT2D eigenvalue weighted by Gasteiger charge is 2.57. The maximum atomic E-state index is 13.1. The van der Waals surface area contributed by atoms with Crippen molar-refractivity contribution in [3.05, 3.63) is 29.3 Å². The predicted octanol–water partition coefficient (Wildman–Crippen LogP) is 3.14. The highest BCUT2D eigenvalue weighted by atomic mass is 35.5. The first-order chi connectivity index (χ1) is 14.8. The number of nitrogens with zero attached hydrogens (tertiary/aromatic N) is 2. The van der Waals surface area contributed by atoms with Gasteiger partial charge in [-0.15, -0.1) is 0 Å². The van der Waals surface area contributed by atoms with Gasteiger partial charge in [0, 0.05) is 32.6 Å². The molecular formula is C24H32ClN3O3. The Balaban J connectivity index is 1.11. The zero-order valence-electron chi connectivity index (χ0n) is 18.0. The minimum Gasteiger partial charge on any atom is -0.390 e. The van der Waals surface area contributed by atoms with Crippen LogP contribution in [-0.2, 0) is 9.59 Å². The molecule has 4 aliphatic carbocycles. The number of hydrogen-bond donors (Lipinski definition) is 2. The average molecular weight is 446 g/mol. The van der Waals surface area contributed by atoms with E-state index < -0.39 is 5.60 Å². The van der Waals surface area contributed by atoms with Crippen molar-refractivity contribution in [2.45, 2.75) is 50.5 Å². The fourth-order valence-electron chi connectivity index (χ4n) is 7.15. The second-order valence-electron chi connectivity index (χ2n) is 10.5. The summed E-state index contributed by atoms with van der Waals surface area (Å²) in [6, 6.07) is 7.22. The zero-order chi connectivity index (χ0) is 21.6. The minimum atomic E-state index is -0.516. The fraction of sp³-hybridized carbons (Fsp3) is 0.667. The third kappa shape index (κ3) is 4.48. The number of piperazine rings is 1. The van der Waals surface area contributed by atoms with Crippen molar-refractivity contribution in [2.24, 2.45) is 17.3 Å². The highest BCUT2D eigenvalue weighted by molar-refractivity contribution is 6.33. The minimum absolute atomic E-state index is 0.0158. The van der Waals surface area contributed by atoms with Crippen LogP contribution < -0.4 is 5.32 Å². The lowest BCUT2D eigenvalue weighted by Crippen LogP contribution is -2.57. The molecule has 6 rings (SSSR count). The van der Waals surface area contributed by atoms with Crippen molar-refractivity contribution in [3.8, 4) is 0 Å². The standard InChI is InChI=1S/C24H32ClN3O3/c25-19-3-1-2-4-20(19)26-21(29)15-27-5-7-28(8-6-27)22(30)14-23-10-17-9-18(11-23)13-24(31,12-17)16-23/h1-4,17-18,31H,5-16H2,(H,26,29). The quantitative estimate of drug-likeness (QED) is 0.730. The molecule has 5 fully saturated rings. The third-order valence-electron chi connectivity index (χ3n) is 7.92. The van der Waals surface area contributed by atoms with Gasteiger partial charge >= 0.3 is 0 Å². The van der Waals surface area contributed by atoms with Gasteiger partial charge in [0.2, 0.25) is 11.8 Å². The molecule has 1 heterocycles. The third-order valence-corrected chi connectivity index (χ3v) is 8.25. The van der Waals surface area contributed by atoms with Gasteiger partial charge in [0.25, 0.3) is 0 Å². The van der Waals surface area contributed by atoms with E-state index in [4.69, 9.17) is 11.6 Å². The van der Waals surface area contributed by atoms with Gasteiger partial charge in [0.05, 0.1) is 22.9 Å². The van der Waals surface area contributed by atoms with E-state index in [1.165, 1.54) is 6.42 Å². The number of hydrogen-bond acceptors (Lipinski definition) is 4. The lowest BCUT2D eigenvalue weighted by molar-refractivity contribution is -0.172. The van der Waals surface area contributed by atoms with E-state index in [-0.39, 0.29) is 17.2 Å². The smallest absolute Gasteiger partial charge is 0.238 e. The summed E-state index contributed by atoms with van der Waals surface area (Å²) in [7, 11) is 0. The van der Waals surface area contributed by atoms with Crippen LogP contribution in [0.1, 0.15) is 44.9 Å². The first-order valence-electron chi connectivity index (χ1n) is 11.6. The Morgan fingerprint density at radius 3 is 2.39 bits per heavy atom. The predicted molar refractivity (Wildman–Crippen MR) is 120 cm³/mol. The zero-order valence-corrected chi connectivity index (χ0v) is 18.7. The number of para-hydroxylation sites is 1. The normalized spacial score (nSPS) is 34.7. The Morgan fingerprint density at radius 2 is 1.74 bits per heavy atom. The molecule has 2 N–H and O–H groups in total. The Labute approximate surface area is 188 Å². The van der Waals surface area contributed by atoms with E-state index in [0.29, 0.717) is 61.7 Å². The van der Waals surface area contributed by atoms with E-state index >= 15 is 0 Å². The molecule has 1 aliphatic heterocycles. The number of rotatable bonds is 5. The lowest BCUT2D eigenvalue weighted by Gasteiger charge is -2.60. The van der Waals surface area contributed by atoms with Crippen LogP contribution in [0.25, 0.3) is 0 Å². The van der Waals surface area contributed by atoms with E-state index in [9.17, 15) is 14.7 Å². The number of nitrogens with one attached hydrogen (secondary N) is 1. The second-order valence-corrected chi connectivity index (χ2v) is 11.0. The molecule has 5 aliphatic rings. The summed E-state index contributed by atoms with van der Waals surface area (Å²) in [6.07, 6.45) is 6.73.